The number of aryl methyl sites for hydroxylation is 1. The normalized spacial score (nSPS) is 11.2. The van der Waals surface area contributed by atoms with E-state index in [0.717, 1.165) is 19.2 Å². The Kier molecular flexibility index (Phi) is 7.23. The van der Waals surface area contributed by atoms with E-state index in [1.54, 1.807) is 54.6 Å². The van der Waals surface area contributed by atoms with E-state index in [1.807, 2.05) is 31.4 Å². The number of hydrogen-bond acceptors (Lipinski definition) is 4. The number of carbonyl (C=O) groups excluding carboxylic acids is 1. The fraction of sp³-hybridized carbons (Fsp3) is 0.136. The number of thioether (sulfide) groups is 1. The van der Waals surface area contributed by atoms with E-state index in [-0.39, 0.29) is 11.4 Å². The molecule has 3 aromatic carbocycles. The molecule has 0 saturated carbocycles. The van der Waals surface area contributed by atoms with Gasteiger partial charge in [-0.2, -0.15) is 0 Å². The van der Waals surface area contributed by atoms with Crippen LogP contribution in [0.5, 0.6) is 0 Å². The predicted octanol–water partition coefficient (Wildman–Crippen LogP) is 5.31. The predicted molar refractivity (Wildman–Crippen MR) is 127 cm³/mol. The van der Waals surface area contributed by atoms with Crippen molar-refractivity contribution in [2.45, 2.75) is 16.7 Å². The van der Waals surface area contributed by atoms with Gasteiger partial charge >= 0.3 is 0 Å². The third-order valence-electron chi connectivity index (χ3n) is 4.40. The summed E-state index contributed by atoms with van der Waals surface area (Å²) < 4.78 is 28.7. The van der Waals surface area contributed by atoms with Crippen molar-refractivity contribution in [3.05, 3.63) is 82.8 Å². The van der Waals surface area contributed by atoms with Crippen molar-refractivity contribution >= 4 is 55.0 Å². The first-order valence-corrected chi connectivity index (χ1v) is 12.5. The fourth-order valence-electron chi connectivity index (χ4n) is 2.78. The second-order valence-electron chi connectivity index (χ2n) is 6.55. The molecule has 0 unspecified atom stereocenters. The van der Waals surface area contributed by atoms with Crippen LogP contribution in [0.25, 0.3) is 0 Å². The lowest BCUT2D eigenvalue weighted by molar-refractivity contribution is -0.114. The molecule has 1 N–H and O–H groups in total. The number of anilines is 2. The highest BCUT2D eigenvalue weighted by atomic mass is 79.9. The van der Waals surface area contributed by atoms with E-state index in [4.69, 9.17) is 0 Å². The SMILES string of the molecule is CSc1ccc(S(=O)(=O)N(CC(=O)Nc2ccccc2Br)c2ccc(C)cc2)cc1. The summed E-state index contributed by atoms with van der Waals surface area (Å²) in [6.45, 7) is 1.57. The maximum Gasteiger partial charge on any atom is 0.264 e. The second kappa shape index (κ2) is 9.68. The molecule has 3 rings (SSSR count). The van der Waals surface area contributed by atoms with Crippen LogP contribution in [-0.4, -0.2) is 27.1 Å². The summed E-state index contributed by atoms with van der Waals surface area (Å²) in [5.74, 6) is -0.438. The lowest BCUT2D eigenvalue weighted by atomic mass is 10.2. The Morgan fingerprint density at radius 2 is 1.63 bits per heavy atom. The topological polar surface area (TPSA) is 66.5 Å². The Balaban J connectivity index is 1.94. The minimum absolute atomic E-state index is 0.134. The van der Waals surface area contributed by atoms with Crippen molar-refractivity contribution in [3.63, 3.8) is 0 Å². The van der Waals surface area contributed by atoms with Gasteiger partial charge < -0.3 is 5.32 Å². The zero-order chi connectivity index (χ0) is 21.7. The summed E-state index contributed by atoms with van der Waals surface area (Å²) in [6, 6.07) is 20.9. The van der Waals surface area contributed by atoms with Crippen LogP contribution in [0.2, 0.25) is 0 Å². The Morgan fingerprint density at radius 1 is 1.00 bits per heavy atom. The van der Waals surface area contributed by atoms with Crippen molar-refractivity contribution in [1.82, 2.24) is 0 Å². The minimum atomic E-state index is -3.94. The zero-order valence-corrected chi connectivity index (χ0v) is 19.7. The van der Waals surface area contributed by atoms with Crippen LogP contribution < -0.4 is 9.62 Å². The zero-order valence-electron chi connectivity index (χ0n) is 16.5. The van der Waals surface area contributed by atoms with Crippen LogP contribution in [0.15, 0.2) is 87.1 Å². The number of para-hydroxylation sites is 1. The summed E-state index contributed by atoms with van der Waals surface area (Å²) in [5, 5.41) is 2.77. The molecule has 0 aliphatic heterocycles. The fourth-order valence-corrected chi connectivity index (χ4v) is 5.00. The van der Waals surface area contributed by atoms with Gasteiger partial charge in [0, 0.05) is 9.37 Å². The van der Waals surface area contributed by atoms with E-state index in [9.17, 15) is 13.2 Å². The number of amides is 1. The molecular weight excluding hydrogens is 484 g/mol. The van der Waals surface area contributed by atoms with Crippen molar-refractivity contribution in [2.75, 3.05) is 22.4 Å². The molecule has 0 heterocycles. The van der Waals surface area contributed by atoms with Gasteiger partial charge in [0.05, 0.1) is 16.3 Å². The van der Waals surface area contributed by atoms with Gasteiger partial charge in [-0.15, -0.1) is 11.8 Å². The Bertz CT molecular complexity index is 1130. The molecule has 0 bridgehead atoms. The molecule has 0 aliphatic carbocycles. The summed E-state index contributed by atoms with van der Waals surface area (Å²) >= 11 is 4.92. The number of hydrogen-bond donors (Lipinski definition) is 1. The van der Waals surface area contributed by atoms with Crippen LogP contribution >= 0.6 is 27.7 Å². The van der Waals surface area contributed by atoms with Gasteiger partial charge in [-0.1, -0.05) is 29.8 Å². The second-order valence-corrected chi connectivity index (χ2v) is 10.1. The molecule has 0 fully saturated rings. The Hall–Kier alpha value is -2.29. The quantitative estimate of drug-likeness (QED) is 0.442. The third-order valence-corrected chi connectivity index (χ3v) is 7.63. The summed E-state index contributed by atoms with van der Waals surface area (Å²) in [6.07, 6.45) is 1.92. The Labute approximate surface area is 189 Å². The number of nitrogens with zero attached hydrogens (tertiary/aromatic N) is 1. The van der Waals surface area contributed by atoms with E-state index in [0.29, 0.717) is 11.4 Å². The molecule has 0 aromatic heterocycles. The molecule has 0 radical (unpaired) electrons. The van der Waals surface area contributed by atoms with E-state index in [1.165, 1.54) is 11.8 Å². The van der Waals surface area contributed by atoms with Crippen LogP contribution in [0.1, 0.15) is 5.56 Å². The average Bonchev–Trinajstić information content (AvgIpc) is 2.74. The smallest absolute Gasteiger partial charge is 0.264 e. The maximum atomic E-state index is 13.4. The van der Waals surface area contributed by atoms with E-state index < -0.39 is 15.9 Å². The highest BCUT2D eigenvalue weighted by molar-refractivity contribution is 9.10. The average molecular weight is 505 g/mol. The molecule has 0 aliphatic rings. The van der Waals surface area contributed by atoms with Gasteiger partial charge in [-0.3, -0.25) is 9.10 Å². The van der Waals surface area contributed by atoms with Crippen molar-refractivity contribution in [2.24, 2.45) is 0 Å². The highest BCUT2D eigenvalue weighted by Gasteiger charge is 2.27. The molecule has 3 aromatic rings. The highest BCUT2D eigenvalue weighted by Crippen LogP contribution is 2.26. The van der Waals surface area contributed by atoms with Gasteiger partial charge in [0.2, 0.25) is 5.91 Å². The lowest BCUT2D eigenvalue weighted by Gasteiger charge is -2.24. The number of benzene rings is 3. The van der Waals surface area contributed by atoms with E-state index in [2.05, 4.69) is 21.2 Å². The molecule has 0 atom stereocenters. The first-order valence-electron chi connectivity index (χ1n) is 9.09. The summed E-state index contributed by atoms with van der Waals surface area (Å²) in [5.41, 5.74) is 2.00. The molecule has 30 heavy (non-hydrogen) atoms. The van der Waals surface area contributed by atoms with Crippen molar-refractivity contribution < 1.29 is 13.2 Å². The molecule has 5 nitrogen and oxygen atoms in total. The largest absolute Gasteiger partial charge is 0.323 e. The number of nitrogens with one attached hydrogen (secondary N) is 1. The Morgan fingerprint density at radius 3 is 2.23 bits per heavy atom. The van der Waals surface area contributed by atoms with Gasteiger partial charge in [-0.05, 0) is 77.6 Å². The van der Waals surface area contributed by atoms with Gasteiger partial charge in [0.25, 0.3) is 10.0 Å². The van der Waals surface area contributed by atoms with Crippen molar-refractivity contribution in [1.29, 1.82) is 0 Å². The van der Waals surface area contributed by atoms with Gasteiger partial charge in [0.15, 0.2) is 0 Å². The van der Waals surface area contributed by atoms with Crippen LogP contribution in [0.3, 0.4) is 0 Å². The summed E-state index contributed by atoms with van der Waals surface area (Å²) in [7, 11) is -3.94. The van der Waals surface area contributed by atoms with Crippen LogP contribution in [-0.2, 0) is 14.8 Å². The number of halogens is 1. The molecular formula is C22H21BrN2O3S2. The monoisotopic (exact) mass is 504 g/mol. The molecule has 0 saturated heterocycles. The van der Waals surface area contributed by atoms with Gasteiger partial charge in [0.1, 0.15) is 6.54 Å². The first kappa shape index (κ1) is 22.4. The first-order chi connectivity index (χ1) is 14.3. The number of sulfonamides is 1. The molecule has 1 amide bonds. The number of carbonyl (C=O) groups is 1. The maximum absolute atomic E-state index is 13.4. The molecule has 156 valence electrons. The third kappa shape index (κ3) is 5.24. The van der Waals surface area contributed by atoms with Crippen LogP contribution in [0, 0.1) is 6.92 Å². The minimum Gasteiger partial charge on any atom is -0.323 e. The van der Waals surface area contributed by atoms with Gasteiger partial charge in [-0.25, -0.2) is 8.42 Å². The van der Waals surface area contributed by atoms with Crippen LogP contribution in [0.4, 0.5) is 11.4 Å². The van der Waals surface area contributed by atoms with Crippen molar-refractivity contribution in [3.8, 4) is 0 Å². The lowest BCUT2D eigenvalue weighted by Crippen LogP contribution is -2.38. The summed E-state index contributed by atoms with van der Waals surface area (Å²) in [4.78, 5) is 13.8. The number of rotatable bonds is 7. The van der Waals surface area contributed by atoms with E-state index >= 15 is 0 Å². The standard InChI is InChI=1S/C22H21BrN2O3S2/c1-16-7-9-17(10-8-16)25(15-22(26)24-21-6-4-3-5-20(21)23)30(27,28)19-13-11-18(29-2)12-14-19/h3-14H,15H2,1-2H3,(H,24,26). The molecule has 8 heteroatoms. The molecule has 0 spiro atoms.